The van der Waals surface area contributed by atoms with Crippen LogP contribution in [0.4, 0.5) is 17.6 Å². The number of benzene rings is 1. The molecule has 0 aliphatic carbocycles. The highest BCUT2D eigenvalue weighted by Crippen LogP contribution is 2.33. The van der Waals surface area contributed by atoms with E-state index >= 15 is 0 Å². The predicted octanol–water partition coefficient (Wildman–Crippen LogP) is 4.87. The molecule has 2 rings (SSSR count). The second kappa shape index (κ2) is 6.05. The van der Waals surface area contributed by atoms with Crippen molar-refractivity contribution in [1.82, 2.24) is 5.32 Å². The van der Waals surface area contributed by atoms with Crippen LogP contribution in [0.5, 0.6) is 0 Å². The minimum absolute atomic E-state index is 0.0137. The largest absolute Gasteiger partial charge is 0.459 e. The second-order valence-electron chi connectivity index (χ2n) is 5.08. The van der Waals surface area contributed by atoms with Crippen molar-refractivity contribution in [2.45, 2.75) is 38.4 Å². The van der Waals surface area contributed by atoms with E-state index < -0.39 is 12.6 Å². The molecule has 1 aromatic carbocycles. The van der Waals surface area contributed by atoms with E-state index in [1.54, 1.807) is 14.0 Å². The standard InChI is InChI=1S/C15H17F4NO/c1-9-11-8-10(16)5-6-13(11)21-14(9)12(20-2)4-3-7-15(17,18)19/h5-6,8,12,20H,3-4,7H2,1-2H3. The summed E-state index contributed by atoms with van der Waals surface area (Å²) < 4.78 is 55.6. The Morgan fingerprint density at radius 2 is 2.00 bits per heavy atom. The predicted molar refractivity (Wildman–Crippen MR) is 72.6 cm³/mol. The van der Waals surface area contributed by atoms with Crippen LogP contribution in [0.1, 0.15) is 36.6 Å². The van der Waals surface area contributed by atoms with Gasteiger partial charge in [-0.05, 0) is 45.0 Å². The third-order valence-corrected chi connectivity index (χ3v) is 3.55. The van der Waals surface area contributed by atoms with E-state index in [1.807, 2.05) is 0 Å². The minimum atomic E-state index is -4.15. The van der Waals surface area contributed by atoms with E-state index in [-0.39, 0.29) is 18.3 Å². The number of fused-ring (bicyclic) bond motifs is 1. The summed E-state index contributed by atoms with van der Waals surface area (Å²) in [6.07, 6.45) is -4.65. The van der Waals surface area contributed by atoms with E-state index in [9.17, 15) is 17.6 Å². The number of hydrogen-bond acceptors (Lipinski definition) is 2. The summed E-state index contributed by atoms with van der Waals surface area (Å²) in [5.41, 5.74) is 1.30. The Kier molecular flexibility index (Phi) is 4.56. The summed E-state index contributed by atoms with van der Waals surface area (Å²) in [4.78, 5) is 0. The van der Waals surface area contributed by atoms with Crippen LogP contribution in [0.2, 0.25) is 0 Å². The lowest BCUT2D eigenvalue weighted by Gasteiger charge is -2.15. The molecule has 116 valence electrons. The maximum absolute atomic E-state index is 13.3. The quantitative estimate of drug-likeness (QED) is 0.797. The Morgan fingerprint density at radius 3 is 2.62 bits per heavy atom. The highest BCUT2D eigenvalue weighted by atomic mass is 19.4. The van der Waals surface area contributed by atoms with Crippen LogP contribution in [-0.4, -0.2) is 13.2 Å². The molecule has 0 bridgehead atoms. The first kappa shape index (κ1) is 15.8. The molecule has 2 nitrogen and oxygen atoms in total. The summed E-state index contributed by atoms with van der Waals surface area (Å²) >= 11 is 0. The summed E-state index contributed by atoms with van der Waals surface area (Å²) in [5, 5.41) is 3.62. The number of hydrogen-bond donors (Lipinski definition) is 1. The molecule has 1 N–H and O–H groups in total. The summed E-state index contributed by atoms with van der Waals surface area (Å²) in [6.45, 7) is 1.79. The third kappa shape index (κ3) is 3.75. The molecule has 1 unspecified atom stereocenters. The van der Waals surface area contributed by atoms with Crippen LogP contribution < -0.4 is 5.32 Å². The number of rotatable bonds is 5. The Hall–Kier alpha value is -1.56. The molecule has 6 heteroatoms. The molecule has 0 aliphatic rings. The van der Waals surface area contributed by atoms with Gasteiger partial charge in [-0.3, -0.25) is 0 Å². The first-order valence-electron chi connectivity index (χ1n) is 6.74. The maximum Gasteiger partial charge on any atom is 0.389 e. The van der Waals surface area contributed by atoms with Crippen LogP contribution in [0, 0.1) is 12.7 Å². The zero-order valence-corrected chi connectivity index (χ0v) is 11.9. The Morgan fingerprint density at radius 1 is 1.29 bits per heavy atom. The average molecular weight is 303 g/mol. The Bertz CT molecular complexity index is 618. The van der Waals surface area contributed by atoms with Gasteiger partial charge in [-0.2, -0.15) is 13.2 Å². The molecule has 21 heavy (non-hydrogen) atoms. The van der Waals surface area contributed by atoms with Crippen LogP contribution in [-0.2, 0) is 0 Å². The molecule has 0 amide bonds. The fraction of sp³-hybridized carbons (Fsp3) is 0.467. The molecule has 0 saturated heterocycles. The van der Waals surface area contributed by atoms with Crippen molar-refractivity contribution in [2.75, 3.05) is 7.05 Å². The SMILES string of the molecule is CNC(CCCC(F)(F)F)c1oc2ccc(F)cc2c1C. The van der Waals surface area contributed by atoms with Crippen LogP contribution in [0.15, 0.2) is 22.6 Å². The van der Waals surface area contributed by atoms with Crippen molar-refractivity contribution in [1.29, 1.82) is 0 Å². The second-order valence-corrected chi connectivity index (χ2v) is 5.08. The molecule has 0 radical (unpaired) electrons. The number of aryl methyl sites for hydroxylation is 1. The first-order valence-corrected chi connectivity index (χ1v) is 6.74. The van der Waals surface area contributed by atoms with Gasteiger partial charge in [0.2, 0.25) is 0 Å². The third-order valence-electron chi connectivity index (χ3n) is 3.55. The molecular weight excluding hydrogens is 286 g/mol. The Labute approximate surface area is 120 Å². The number of furan rings is 1. The molecule has 1 atom stereocenters. The van der Waals surface area contributed by atoms with E-state index in [1.165, 1.54) is 18.2 Å². The molecule has 0 aliphatic heterocycles. The maximum atomic E-state index is 13.3. The van der Waals surface area contributed by atoms with Gasteiger partial charge >= 0.3 is 6.18 Å². The molecule has 0 fully saturated rings. The van der Waals surface area contributed by atoms with Gasteiger partial charge in [0.25, 0.3) is 0 Å². The van der Waals surface area contributed by atoms with Gasteiger partial charge in [0.15, 0.2) is 0 Å². The summed E-state index contributed by atoms with van der Waals surface area (Å²) in [7, 11) is 1.67. The zero-order valence-electron chi connectivity index (χ0n) is 11.9. The first-order chi connectivity index (χ1) is 9.81. The van der Waals surface area contributed by atoms with Crippen LogP contribution >= 0.6 is 0 Å². The van der Waals surface area contributed by atoms with Crippen LogP contribution in [0.25, 0.3) is 11.0 Å². The van der Waals surface area contributed by atoms with Gasteiger partial charge in [-0.15, -0.1) is 0 Å². The van der Waals surface area contributed by atoms with Crippen molar-refractivity contribution in [3.8, 4) is 0 Å². The van der Waals surface area contributed by atoms with E-state index in [2.05, 4.69) is 5.32 Å². The summed E-state index contributed by atoms with van der Waals surface area (Å²) in [5.74, 6) is 0.205. The van der Waals surface area contributed by atoms with Gasteiger partial charge < -0.3 is 9.73 Å². The van der Waals surface area contributed by atoms with Crippen LogP contribution in [0.3, 0.4) is 0 Å². The van der Waals surface area contributed by atoms with Crippen molar-refractivity contribution in [2.24, 2.45) is 0 Å². The number of nitrogens with one attached hydrogen (secondary N) is 1. The van der Waals surface area contributed by atoms with Gasteiger partial charge in [-0.25, -0.2) is 4.39 Å². The number of halogens is 4. The van der Waals surface area contributed by atoms with E-state index in [4.69, 9.17) is 4.42 Å². The van der Waals surface area contributed by atoms with Crippen molar-refractivity contribution >= 4 is 11.0 Å². The average Bonchev–Trinajstić information content (AvgIpc) is 2.71. The lowest BCUT2D eigenvalue weighted by atomic mass is 10.0. The van der Waals surface area contributed by atoms with Gasteiger partial charge in [-0.1, -0.05) is 0 Å². The number of alkyl halides is 3. The molecule has 1 heterocycles. The molecule has 2 aromatic rings. The van der Waals surface area contributed by atoms with E-state index in [0.717, 1.165) is 5.56 Å². The molecule has 1 aromatic heterocycles. The van der Waals surface area contributed by atoms with E-state index in [0.29, 0.717) is 23.2 Å². The van der Waals surface area contributed by atoms with Crippen molar-refractivity contribution in [3.63, 3.8) is 0 Å². The fourth-order valence-electron chi connectivity index (χ4n) is 2.46. The molecule has 0 spiro atoms. The minimum Gasteiger partial charge on any atom is -0.459 e. The lowest BCUT2D eigenvalue weighted by Crippen LogP contribution is -2.17. The highest BCUT2D eigenvalue weighted by molar-refractivity contribution is 5.82. The highest BCUT2D eigenvalue weighted by Gasteiger charge is 2.27. The van der Waals surface area contributed by atoms with Gasteiger partial charge in [0.05, 0.1) is 6.04 Å². The normalized spacial score (nSPS) is 13.8. The fourth-order valence-corrected chi connectivity index (χ4v) is 2.46. The Balaban J connectivity index is 2.20. The topological polar surface area (TPSA) is 25.2 Å². The van der Waals surface area contributed by atoms with Crippen molar-refractivity contribution < 1.29 is 22.0 Å². The zero-order chi connectivity index (χ0) is 15.6. The molecular formula is C15H17F4NO. The molecule has 0 saturated carbocycles. The summed E-state index contributed by atoms with van der Waals surface area (Å²) in [6, 6.07) is 3.89. The van der Waals surface area contributed by atoms with Gasteiger partial charge in [0.1, 0.15) is 17.2 Å². The smallest absolute Gasteiger partial charge is 0.389 e. The van der Waals surface area contributed by atoms with Crippen molar-refractivity contribution in [3.05, 3.63) is 35.3 Å². The lowest BCUT2D eigenvalue weighted by molar-refractivity contribution is -0.135. The van der Waals surface area contributed by atoms with Gasteiger partial charge in [0, 0.05) is 17.4 Å². The monoisotopic (exact) mass is 303 g/mol.